The summed E-state index contributed by atoms with van der Waals surface area (Å²) in [6.07, 6.45) is 0.0607. The Morgan fingerprint density at radius 1 is 1.60 bits per heavy atom. The highest BCUT2D eigenvalue weighted by molar-refractivity contribution is 4.85. The fraction of sp³-hybridized carbons (Fsp3) is 0.857. The topological polar surface area (TPSA) is 47.3 Å². The molecule has 0 aliphatic carbocycles. The van der Waals surface area contributed by atoms with Crippen LogP contribution in [0.1, 0.15) is 13.3 Å². The first-order valence-electron chi connectivity index (χ1n) is 3.37. The lowest BCUT2D eigenvalue weighted by Crippen LogP contribution is -2.33. The summed E-state index contributed by atoms with van der Waals surface area (Å²) in [7, 11) is 3.51. The molecule has 0 aromatic carbocycles. The van der Waals surface area contributed by atoms with Gasteiger partial charge in [-0.25, -0.2) is 0 Å². The predicted octanol–water partition coefficient (Wildman–Crippen LogP) is 0.416. The zero-order chi connectivity index (χ0) is 8.15. The molecule has 0 aromatic heterocycles. The van der Waals surface area contributed by atoms with E-state index in [1.807, 2.05) is 13.0 Å². The first-order chi connectivity index (χ1) is 4.63. The van der Waals surface area contributed by atoms with E-state index in [0.717, 1.165) is 0 Å². The largest absolute Gasteiger partial charge is 0.377 e. The van der Waals surface area contributed by atoms with Gasteiger partial charge in [0, 0.05) is 0 Å². The van der Waals surface area contributed by atoms with Gasteiger partial charge in [0.05, 0.1) is 12.0 Å². The summed E-state index contributed by atoms with van der Waals surface area (Å²) in [4.78, 5) is 1.64. The predicted molar refractivity (Wildman–Crippen MR) is 39.1 cm³/mol. The molecular formula is C7H14N2O. The fourth-order valence-electron chi connectivity index (χ4n) is 0.729. The van der Waals surface area contributed by atoms with E-state index < -0.39 is 6.23 Å². The van der Waals surface area contributed by atoms with Crippen LogP contribution in [0.15, 0.2) is 0 Å². The summed E-state index contributed by atoms with van der Waals surface area (Å²) < 4.78 is 0. The van der Waals surface area contributed by atoms with Gasteiger partial charge in [-0.1, -0.05) is 6.92 Å². The van der Waals surface area contributed by atoms with Gasteiger partial charge in [-0.3, -0.25) is 4.90 Å². The van der Waals surface area contributed by atoms with Crippen molar-refractivity contribution in [3.63, 3.8) is 0 Å². The maximum Gasteiger partial charge on any atom is 0.122 e. The molecule has 0 radical (unpaired) electrons. The van der Waals surface area contributed by atoms with Crippen LogP contribution in [-0.4, -0.2) is 30.3 Å². The average molecular weight is 142 g/mol. The molecule has 0 unspecified atom stereocenters. The van der Waals surface area contributed by atoms with Gasteiger partial charge >= 0.3 is 0 Å². The molecule has 0 amide bonds. The van der Waals surface area contributed by atoms with E-state index in [9.17, 15) is 5.11 Å². The molecule has 10 heavy (non-hydrogen) atoms. The van der Waals surface area contributed by atoms with E-state index in [-0.39, 0.29) is 5.92 Å². The molecule has 3 nitrogen and oxygen atoms in total. The van der Waals surface area contributed by atoms with Crippen LogP contribution in [-0.2, 0) is 0 Å². The van der Waals surface area contributed by atoms with Crippen molar-refractivity contribution in [1.29, 1.82) is 5.26 Å². The lowest BCUT2D eigenvalue weighted by molar-refractivity contribution is 0.00735. The molecule has 1 N–H and O–H groups in total. The minimum atomic E-state index is -0.630. The quantitative estimate of drug-likeness (QED) is 0.581. The number of aliphatic hydroxyl groups is 1. The van der Waals surface area contributed by atoms with Crippen molar-refractivity contribution < 1.29 is 5.11 Å². The van der Waals surface area contributed by atoms with Crippen LogP contribution in [0.25, 0.3) is 0 Å². The highest BCUT2D eigenvalue weighted by Crippen LogP contribution is 2.08. The normalized spacial score (nSPS) is 16.4. The summed E-state index contributed by atoms with van der Waals surface area (Å²) in [5, 5.41) is 17.8. The summed E-state index contributed by atoms with van der Waals surface area (Å²) in [5.41, 5.74) is 0. The minimum Gasteiger partial charge on any atom is -0.377 e. The maximum atomic E-state index is 9.29. The summed E-state index contributed by atoms with van der Waals surface area (Å²) in [5.74, 6) is -0.269. The Morgan fingerprint density at radius 2 is 2.10 bits per heavy atom. The van der Waals surface area contributed by atoms with E-state index in [2.05, 4.69) is 0 Å². The van der Waals surface area contributed by atoms with Gasteiger partial charge in [0.25, 0.3) is 0 Å². The highest BCUT2D eigenvalue weighted by Gasteiger charge is 2.17. The van der Waals surface area contributed by atoms with Crippen molar-refractivity contribution in [2.75, 3.05) is 14.1 Å². The lowest BCUT2D eigenvalue weighted by atomic mass is 10.1. The number of nitriles is 1. The molecule has 0 aromatic rings. The monoisotopic (exact) mass is 142 g/mol. The molecule has 2 atom stereocenters. The van der Waals surface area contributed by atoms with Gasteiger partial charge in [0.2, 0.25) is 0 Å². The molecule has 0 saturated carbocycles. The Hall–Kier alpha value is -0.590. The molecule has 0 aliphatic heterocycles. The van der Waals surface area contributed by atoms with Crippen LogP contribution in [0.5, 0.6) is 0 Å². The number of hydrogen-bond donors (Lipinski definition) is 1. The molecule has 0 heterocycles. The van der Waals surface area contributed by atoms with Crippen molar-refractivity contribution in [3.8, 4) is 6.07 Å². The molecule has 0 aliphatic rings. The van der Waals surface area contributed by atoms with Crippen LogP contribution in [0, 0.1) is 17.2 Å². The molecule has 58 valence electrons. The van der Waals surface area contributed by atoms with Gasteiger partial charge in [-0.2, -0.15) is 5.26 Å². The molecule has 0 spiro atoms. The van der Waals surface area contributed by atoms with Gasteiger partial charge < -0.3 is 5.11 Å². The van der Waals surface area contributed by atoms with Gasteiger partial charge in [0.15, 0.2) is 0 Å². The van der Waals surface area contributed by atoms with Gasteiger partial charge in [-0.05, 0) is 20.5 Å². The lowest BCUT2D eigenvalue weighted by Gasteiger charge is -2.21. The van der Waals surface area contributed by atoms with E-state index >= 15 is 0 Å². The van der Waals surface area contributed by atoms with E-state index in [1.165, 1.54) is 0 Å². The minimum absolute atomic E-state index is 0.269. The summed E-state index contributed by atoms with van der Waals surface area (Å²) in [6.45, 7) is 1.89. The van der Waals surface area contributed by atoms with E-state index in [0.29, 0.717) is 6.42 Å². The Bertz CT molecular complexity index is 128. The summed E-state index contributed by atoms with van der Waals surface area (Å²) in [6, 6.07) is 2.04. The van der Waals surface area contributed by atoms with Crippen LogP contribution < -0.4 is 0 Å². The fourth-order valence-corrected chi connectivity index (χ4v) is 0.729. The van der Waals surface area contributed by atoms with Gasteiger partial charge in [0.1, 0.15) is 6.23 Å². The Balaban J connectivity index is 3.92. The highest BCUT2D eigenvalue weighted by atomic mass is 16.3. The molecule has 0 saturated heterocycles. The van der Waals surface area contributed by atoms with Crippen molar-refractivity contribution in [2.45, 2.75) is 19.6 Å². The third-order valence-electron chi connectivity index (χ3n) is 1.49. The molecule has 0 rings (SSSR count). The molecule has 0 fully saturated rings. The van der Waals surface area contributed by atoms with Crippen LogP contribution >= 0.6 is 0 Å². The molecule has 0 bridgehead atoms. The Labute approximate surface area is 61.9 Å². The van der Waals surface area contributed by atoms with Crippen LogP contribution in [0.4, 0.5) is 0 Å². The van der Waals surface area contributed by atoms with Crippen molar-refractivity contribution >= 4 is 0 Å². The van der Waals surface area contributed by atoms with Gasteiger partial charge in [-0.15, -0.1) is 0 Å². The van der Waals surface area contributed by atoms with Crippen molar-refractivity contribution in [2.24, 2.45) is 5.92 Å². The van der Waals surface area contributed by atoms with Crippen LogP contribution in [0.3, 0.4) is 0 Å². The average Bonchev–Trinajstić information content (AvgIpc) is 1.90. The third-order valence-corrected chi connectivity index (χ3v) is 1.49. The third kappa shape index (κ3) is 2.34. The first kappa shape index (κ1) is 9.41. The first-order valence-corrected chi connectivity index (χ1v) is 3.37. The Morgan fingerprint density at radius 3 is 2.20 bits per heavy atom. The summed E-state index contributed by atoms with van der Waals surface area (Å²) >= 11 is 0. The second-order valence-corrected chi connectivity index (χ2v) is 2.52. The number of aliphatic hydroxyl groups excluding tert-OH is 1. The zero-order valence-corrected chi connectivity index (χ0v) is 6.70. The maximum absolute atomic E-state index is 9.29. The number of rotatable bonds is 3. The second kappa shape index (κ2) is 4.26. The van der Waals surface area contributed by atoms with E-state index in [4.69, 9.17) is 5.26 Å². The van der Waals surface area contributed by atoms with Crippen LogP contribution in [0.2, 0.25) is 0 Å². The van der Waals surface area contributed by atoms with Crippen molar-refractivity contribution in [1.82, 2.24) is 4.90 Å². The molecular weight excluding hydrogens is 128 g/mol. The smallest absolute Gasteiger partial charge is 0.122 e. The van der Waals surface area contributed by atoms with Crippen molar-refractivity contribution in [3.05, 3.63) is 0 Å². The number of nitrogens with zero attached hydrogens (tertiary/aromatic N) is 2. The second-order valence-electron chi connectivity index (χ2n) is 2.52. The number of hydrogen-bond acceptors (Lipinski definition) is 3. The van der Waals surface area contributed by atoms with E-state index in [1.54, 1.807) is 19.0 Å². The SMILES string of the molecule is CC[C@H](C#N)[C@H](O)N(C)C. The standard InChI is InChI=1S/C7H14N2O/c1-4-6(5-8)7(10)9(2)3/h6-7,10H,4H2,1-3H3/t6-,7+/m1/s1. The zero-order valence-electron chi connectivity index (χ0n) is 6.70. The Kier molecular flexibility index (Phi) is 4.01. The molecule has 3 heteroatoms.